The summed E-state index contributed by atoms with van der Waals surface area (Å²) < 4.78 is 0. The average Bonchev–Trinajstić information content (AvgIpc) is 2.70. The summed E-state index contributed by atoms with van der Waals surface area (Å²) in [4.78, 5) is 27.3. The summed E-state index contributed by atoms with van der Waals surface area (Å²) in [5.41, 5.74) is 1.85. The minimum atomic E-state index is -0.581. The van der Waals surface area contributed by atoms with Gasteiger partial charge in [-0.25, -0.2) is 0 Å². The van der Waals surface area contributed by atoms with Gasteiger partial charge in [-0.05, 0) is 23.6 Å². The van der Waals surface area contributed by atoms with Crippen LogP contribution in [0, 0.1) is 0 Å². The molecule has 1 unspecified atom stereocenters. The Kier molecular flexibility index (Phi) is 8.34. The van der Waals surface area contributed by atoms with Crippen LogP contribution in [-0.4, -0.2) is 29.3 Å². The average molecular weight is 387 g/mol. The Labute approximate surface area is 166 Å². The van der Waals surface area contributed by atoms with E-state index in [1.165, 1.54) is 0 Å². The largest absolute Gasteiger partial charge is 0.354 e. The molecule has 0 aliphatic heterocycles. The Bertz CT molecular complexity index is 749. The van der Waals surface area contributed by atoms with Crippen molar-refractivity contribution in [3.05, 3.63) is 70.7 Å². The van der Waals surface area contributed by atoms with E-state index in [9.17, 15) is 9.59 Å². The second-order valence-corrected chi connectivity index (χ2v) is 6.87. The summed E-state index contributed by atoms with van der Waals surface area (Å²) in [6, 6.07) is 16.6. The zero-order valence-corrected chi connectivity index (χ0v) is 16.7. The van der Waals surface area contributed by atoms with Gasteiger partial charge in [0, 0.05) is 31.0 Å². The molecule has 2 rings (SSSR count). The van der Waals surface area contributed by atoms with E-state index in [1.807, 2.05) is 62.4 Å². The molecule has 0 fully saturated rings. The molecule has 4 nitrogen and oxygen atoms in total. The van der Waals surface area contributed by atoms with Crippen molar-refractivity contribution in [1.82, 2.24) is 10.2 Å². The standard InChI is InChI=1S/C22H27ClN2O2/c1-3-14-24-22(27)20(15-17-10-6-5-7-11-17)25(21(26)4-2)16-18-12-8-9-13-19(18)23/h5-13,20H,3-4,14-16H2,1-2H3,(H,24,27). The number of benzene rings is 2. The summed E-state index contributed by atoms with van der Waals surface area (Å²) in [5.74, 6) is -0.197. The van der Waals surface area contributed by atoms with Crippen molar-refractivity contribution in [2.45, 2.75) is 45.7 Å². The number of hydrogen-bond acceptors (Lipinski definition) is 2. The summed E-state index contributed by atoms with van der Waals surface area (Å²) >= 11 is 6.31. The molecule has 0 saturated carbocycles. The zero-order chi connectivity index (χ0) is 19.6. The van der Waals surface area contributed by atoms with E-state index in [4.69, 9.17) is 11.6 Å². The predicted octanol–water partition coefficient (Wildman–Crippen LogP) is 4.22. The van der Waals surface area contributed by atoms with Crippen LogP contribution in [0.25, 0.3) is 0 Å². The zero-order valence-electron chi connectivity index (χ0n) is 16.0. The van der Waals surface area contributed by atoms with Gasteiger partial charge < -0.3 is 10.2 Å². The fourth-order valence-electron chi connectivity index (χ4n) is 2.93. The predicted molar refractivity (Wildman–Crippen MR) is 110 cm³/mol. The van der Waals surface area contributed by atoms with E-state index < -0.39 is 6.04 Å². The van der Waals surface area contributed by atoms with Crippen molar-refractivity contribution in [2.75, 3.05) is 6.54 Å². The Morgan fingerprint density at radius 3 is 2.33 bits per heavy atom. The fourth-order valence-corrected chi connectivity index (χ4v) is 3.13. The molecule has 1 atom stereocenters. The van der Waals surface area contributed by atoms with Crippen molar-refractivity contribution in [3.8, 4) is 0 Å². The van der Waals surface area contributed by atoms with Crippen LogP contribution in [0.2, 0.25) is 5.02 Å². The molecule has 0 saturated heterocycles. The second-order valence-electron chi connectivity index (χ2n) is 6.46. The molecule has 2 aromatic rings. The molecule has 0 radical (unpaired) electrons. The molecule has 0 aliphatic rings. The number of hydrogen-bond donors (Lipinski definition) is 1. The van der Waals surface area contributed by atoms with Gasteiger partial charge in [0.05, 0.1) is 0 Å². The van der Waals surface area contributed by atoms with Gasteiger partial charge in [0.15, 0.2) is 0 Å². The molecule has 1 N–H and O–H groups in total. The normalized spacial score (nSPS) is 11.7. The number of carbonyl (C=O) groups is 2. The Morgan fingerprint density at radius 1 is 1.04 bits per heavy atom. The van der Waals surface area contributed by atoms with Gasteiger partial charge in [-0.3, -0.25) is 9.59 Å². The first-order chi connectivity index (χ1) is 13.1. The topological polar surface area (TPSA) is 49.4 Å². The van der Waals surface area contributed by atoms with Gasteiger partial charge in [-0.15, -0.1) is 0 Å². The van der Waals surface area contributed by atoms with E-state index in [1.54, 1.807) is 11.0 Å². The Morgan fingerprint density at radius 2 is 1.70 bits per heavy atom. The van der Waals surface area contributed by atoms with Gasteiger partial charge in [0.2, 0.25) is 11.8 Å². The van der Waals surface area contributed by atoms with Crippen molar-refractivity contribution in [3.63, 3.8) is 0 Å². The first-order valence-electron chi connectivity index (χ1n) is 9.41. The number of halogens is 1. The number of rotatable bonds is 9. The highest BCUT2D eigenvalue weighted by atomic mass is 35.5. The van der Waals surface area contributed by atoms with E-state index >= 15 is 0 Å². The molecule has 0 spiro atoms. The minimum absolute atomic E-state index is 0.0671. The monoisotopic (exact) mass is 386 g/mol. The van der Waals surface area contributed by atoms with Crippen LogP contribution in [-0.2, 0) is 22.6 Å². The summed E-state index contributed by atoms with van der Waals surface area (Å²) in [5, 5.41) is 3.54. The molecule has 5 heteroatoms. The van der Waals surface area contributed by atoms with Crippen LogP contribution in [0.4, 0.5) is 0 Å². The molecule has 144 valence electrons. The van der Waals surface area contributed by atoms with Gasteiger partial charge in [0.1, 0.15) is 6.04 Å². The maximum atomic E-state index is 12.9. The molecule has 2 amide bonds. The maximum Gasteiger partial charge on any atom is 0.243 e. The maximum absolute atomic E-state index is 12.9. The third-order valence-electron chi connectivity index (χ3n) is 4.42. The highest BCUT2D eigenvalue weighted by molar-refractivity contribution is 6.31. The highest BCUT2D eigenvalue weighted by Crippen LogP contribution is 2.20. The number of nitrogens with one attached hydrogen (secondary N) is 1. The second kappa shape index (κ2) is 10.7. The van der Waals surface area contributed by atoms with Crippen molar-refractivity contribution in [2.24, 2.45) is 0 Å². The molecule has 0 bridgehead atoms. The SMILES string of the molecule is CCCNC(=O)C(Cc1ccccc1)N(Cc1ccccc1Cl)C(=O)CC. The lowest BCUT2D eigenvalue weighted by molar-refractivity contribution is -0.141. The van der Waals surface area contributed by atoms with Crippen LogP contribution < -0.4 is 5.32 Å². The van der Waals surface area contributed by atoms with E-state index in [0.29, 0.717) is 31.0 Å². The lowest BCUT2D eigenvalue weighted by Crippen LogP contribution is -2.50. The van der Waals surface area contributed by atoms with E-state index in [-0.39, 0.29) is 11.8 Å². The molecule has 0 aliphatic carbocycles. The van der Waals surface area contributed by atoms with Gasteiger partial charge >= 0.3 is 0 Å². The summed E-state index contributed by atoms with van der Waals surface area (Å²) in [7, 11) is 0. The lowest BCUT2D eigenvalue weighted by atomic mass is 10.0. The smallest absolute Gasteiger partial charge is 0.243 e. The van der Waals surface area contributed by atoms with E-state index in [2.05, 4.69) is 5.32 Å². The Hall–Kier alpha value is -2.33. The van der Waals surface area contributed by atoms with Crippen LogP contribution in [0.1, 0.15) is 37.8 Å². The third-order valence-corrected chi connectivity index (χ3v) is 4.79. The van der Waals surface area contributed by atoms with Gasteiger partial charge in [0.25, 0.3) is 0 Å². The van der Waals surface area contributed by atoms with Crippen LogP contribution in [0.15, 0.2) is 54.6 Å². The van der Waals surface area contributed by atoms with Gasteiger partial charge in [-0.1, -0.05) is 74.0 Å². The Balaban J connectivity index is 2.34. The van der Waals surface area contributed by atoms with Crippen molar-refractivity contribution >= 4 is 23.4 Å². The fraction of sp³-hybridized carbons (Fsp3) is 0.364. The van der Waals surface area contributed by atoms with Crippen molar-refractivity contribution in [1.29, 1.82) is 0 Å². The molecule has 27 heavy (non-hydrogen) atoms. The van der Waals surface area contributed by atoms with Gasteiger partial charge in [-0.2, -0.15) is 0 Å². The third kappa shape index (κ3) is 6.10. The van der Waals surface area contributed by atoms with Crippen LogP contribution in [0.5, 0.6) is 0 Å². The lowest BCUT2D eigenvalue weighted by Gasteiger charge is -2.31. The molecule has 0 aromatic heterocycles. The van der Waals surface area contributed by atoms with Crippen LogP contribution in [0.3, 0.4) is 0 Å². The molecule has 2 aromatic carbocycles. The first-order valence-corrected chi connectivity index (χ1v) is 9.79. The first kappa shape index (κ1) is 21.0. The highest BCUT2D eigenvalue weighted by Gasteiger charge is 2.29. The molecular weight excluding hydrogens is 360 g/mol. The van der Waals surface area contributed by atoms with Crippen LogP contribution >= 0.6 is 11.6 Å². The number of nitrogens with zero attached hydrogens (tertiary/aromatic N) is 1. The molecule has 0 heterocycles. The van der Waals surface area contributed by atoms with Crippen molar-refractivity contribution < 1.29 is 9.59 Å². The minimum Gasteiger partial charge on any atom is -0.354 e. The molecular formula is C22H27ClN2O2. The number of amides is 2. The summed E-state index contributed by atoms with van der Waals surface area (Å²) in [6.45, 7) is 4.71. The number of carbonyl (C=O) groups excluding carboxylic acids is 2. The van der Waals surface area contributed by atoms with E-state index in [0.717, 1.165) is 17.5 Å². The quantitative estimate of drug-likeness (QED) is 0.701. The summed E-state index contributed by atoms with van der Waals surface area (Å²) in [6.07, 6.45) is 1.64.